The van der Waals surface area contributed by atoms with Crippen LogP contribution in [0.25, 0.3) is 0 Å². The van der Waals surface area contributed by atoms with Gasteiger partial charge in [0.25, 0.3) is 10.1 Å². The Bertz CT molecular complexity index is 440. The van der Waals surface area contributed by atoms with E-state index in [2.05, 4.69) is 6.92 Å². The van der Waals surface area contributed by atoms with Crippen molar-refractivity contribution in [2.24, 2.45) is 17.3 Å². The summed E-state index contributed by atoms with van der Waals surface area (Å²) in [6.07, 6.45) is 5.98. The number of rotatable bonds is 4. The molecule has 0 aromatic carbocycles. The van der Waals surface area contributed by atoms with Gasteiger partial charge in [0.2, 0.25) is 0 Å². The predicted molar refractivity (Wildman–Crippen MR) is 70.2 cm³/mol. The van der Waals surface area contributed by atoms with Gasteiger partial charge in [-0.1, -0.05) is 19.8 Å². The van der Waals surface area contributed by atoms with Gasteiger partial charge < -0.3 is 4.74 Å². The molecular formula is C13H22O5S. The number of carbonyl (C=O) groups excluding carboxylic acids is 1. The minimum absolute atomic E-state index is 0.252. The number of fused-ring (bicyclic) bond motifs is 2. The van der Waals surface area contributed by atoms with Crippen LogP contribution in [0.15, 0.2) is 0 Å². The maximum atomic E-state index is 12.3. The van der Waals surface area contributed by atoms with Crippen molar-refractivity contribution in [1.82, 2.24) is 0 Å². The summed E-state index contributed by atoms with van der Waals surface area (Å²) in [6, 6.07) is 0. The van der Waals surface area contributed by atoms with Gasteiger partial charge in [0, 0.05) is 0 Å². The second-order valence-electron chi connectivity index (χ2n) is 6.21. The molecule has 5 nitrogen and oxygen atoms in total. The zero-order valence-corrected chi connectivity index (χ0v) is 12.1. The normalized spacial score (nSPS) is 34.8. The summed E-state index contributed by atoms with van der Waals surface area (Å²) < 4.78 is 35.0. The molecule has 0 spiro atoms. The molecule has 2 bridgehead atoms. The van der Waals surface area contributed by atoms with Crippen LogP contribution in [0.3, 0.4) is 0 Å². The van der Waals surface area contributed by atoms with E-state index in [9.17, 15) is 13.2 Å². The van der Waals surface area contributed by atoms with Crippen LogP contribution in [0.5, 0.6) is 0 Å². The van der Waals surface area contributed by atoms with Crippen molar-refractivity contribution in [2.75, 3.05) is 12.4 Å². The van der Waals surface area contributed by atoms with Crippen molar-refractivity contribution in [1.29, 1.82) is 0 Å². The summed E-state index contributed by atoms with van der Waals surface area (Å²) in [6.45, 7) is 1.91. The van der Waals surface area contributed by atoms with Crippen LogP contribution >= 0.6 is 0 Å². The topological polar surface area (TPSA) is 80.7 Å². The van der Waals surface area contributed by atoms with Gasteiger partial charge in [0.05, 0.1) is 5.41 Å². The van der Waals surface area contributed by atoms with E-state index in [1.165, 1.54) is 12.8 Å². The van der Waals surface area contributed by atoms with E-state index in [4.69, 9.17) is 9.29 Å². The lowest BCUT2D eigenvalue weighted by molar-refractivity contribution is -0.162. The van der Waals surface area contributed by atoms with Crippen LogP contribution in [0.2, 0.25) is 0 Å². The fourth-order valence-corrected chi connectivity index (χ4v) is 4.15. The molecule has 0 heterocycles. The zero-order chi connectivity index (χ0) is 14.1. The molecule has 0 aromatic heterocycles. The lowest BCUT2D eigenvalue weighted by Crippen LogP contribution is -2.43. The van der Waals surface area contributed by atoms with Crippen molar-refractivity contribution in [2.45, 2.75) is 45.4 Å². The van der Waals surface area contributed by atoms with Crippen LogP contribution in [0, 0.1) is 17.3 Å². The molecule has 3 atom stereocenters. The number of hydrogen-bond acceptors (Lipinski definition) is 4. The lowest BCUT2D eigenvalue weighted by atomic mass is 9.59. The molecule has 6 heteroatoms. The van der Waals surface area contributed by atoms with E-state index < -0.39 is 21.3 Å². The monoisotopic (exact) mass is 290 g/mol. The van der Waals surface area contributed by atoms with E-state index in [1.807, 2.05) is 0 Å². The van der Waals surface area contributed by atoms with E-state index in [0.29, 0.717) is 11.8 Å². The Morgan fingerprint density at radius 3 is 2.84 bits per heavy atom. The predicted octanol–water partition coefficient (Wildman–Crippen LogP) is 2.02. The average Bonchev–Trinajstić information content (AvgIpc) is 2.26. The summed E-state index contributed by atoms with van der Waals surface area (Å²) >= 11 is 0. The highest BCUT2D eigenvalue weighted by molar-refractivity contribution is 7.85. The maximum Gasteiger partial charge on any atom is 0.312 e. The SMILES string of the molecule is CC1CC2CCCC(C(=O)OCCS(=O)(=O)O)(C1)C2. The van der Waals surface area contributed by atoms with E-state index in [-0.39, 0.29) is 12.6 Å². The fourth-order valence-electron chi connectivity index (χ4n) is 3.85. The van der Waals surface area contributed by atoms with Crippen LogP contribution in [-0.2, 0) is 19.6 Å². The molecule has 1 N–H and O–H groups in total. The van der Waals surface area contributed by atoms with Gasteiger partial charge in [-0.3, -0.25) is 9.35 Å². The Morgan fingerprint density at radius 2 is 2.16 bits per heavy atom. The molecule has 0 saturated heterocycles. The molecule has 0 aliphatic heterocycles. The minimum atomic E-state index is -4.06. The van der Waals surface area contributed by atoms with Crippen molar-refractivity contribution in [3.8, 4) is 0 Å². The third-order valence-corrected chi connectivity index (χ3v) is 5.11. The Morgan fingerprint density at radius 1 is 1.42 bits per heavy atom. The Hall–Kier alpha value is -0.620. The van der Waals surface area contributed by atoms with Crippen LogP contribution < -0.4 is 0 Å². The second kappa shape index (κ2) is 5.40. The number of hydrogen-bond donors (Lipinski definition) is 1. The van der Waals surface area contributed by atoms with Crippen molar-refractivity contribution in [3.63, 3.8) is 0 Å². The molecular weight excluding hydrogens is 268 g/mol. The molecule has 110 valence electrons. The number of carbonyl (C=O) groups is 1. The van der Waals surface area contributed by atoms with Crippen LogP contribution in [0.1, 0.15) is 45.4 Å². The third kappa shape index (κ3) is 3.69. The van der Waals surface area contributed by atoms with E-state index >= 15 is 0 Å². The summed E-state index contributed by atoms with van der Waals surface area (Å²) in [7, 11) is -4.06. The van der Waals surface area contributed by atoms with Gasteiger partial charge in [-0.05, 0) is 37.5 Å². The maximum absolute atomic E-state index is 12.3. The second-order valence-corrected chi connectivity index (χ2v) is 7.78. The lowest BCUT2D eigenvalue weighted by Gasteiger charge is -2.45. The summed E-state index contributed by atoms with van der Waals surface area (Å²) in [5.41, 5.74) is -0.403. The molecule has 3 unspecified atom stereocenters. The molecule has 0 radical (unpaired) electrons. The standard InChI is InChI=1S/C13H22O5S/c1-10-7-11-3-2-4-13(8-10,9-11)12(14)18-5-6-19(15,16)17/h10-11H,2-9H2,1H3,(H,15,16,17). The van der Waals surface area contributed by atoms with Crippen LogP contribution in [0.4, 0.5) is 0 Å². The molecule has 0 aromatic rings. The first-order valence-corrected chi connectivity index (χ1v) is 8.54. The Kier molecular flexibility index (Phi) is 4.20. The van der Waals surface area contributed by atoms with Crippen molar-refractivity contribution in [3.05, 3.63) is 0 Å². The molecule has 19 heavy (non-hydrogen) atoms. The van der Waals surface area contributed by atoms with Gasteiger partial charge in [0.15, 0.2) is 0 Å². The Labute approximate surface area is 114 Å². The fraction of sp³-hybridized carbons (Fsp3) is 0.923. The highest BCUT2D eigenvalue weighted by atomic mass is 32.2. The smallest absolute Gasteiger partial charge is 0.312 e. The summed E-state index contributed by atoms with van der Waals surface area (Å²) in [4.78, 5) is 12.3. The molecule has 2 saturated carbocycles. The average molecular weight is 290 g/mol. The van der Waals surface area contributed by atoms with Gasteiger partial charge in [0.1, 0.15) is 12.4 Å². The zero-order valence-electron chi connectivity index (χ0n) is 11.3. The van der Waals surface area contributed by atoms with Crippen molar-refractivity contribution >= 4 is 16.1 Å². The molecule has 2 aliphatic carbocycles. The highest BCUT2D eigenvalue weighted by Crippen LogP contribution is 2.51. The number of ether oxygens (including phenoxy) is 1. The number of esters is 1. The molecule has 2 aliphatic rings. The van der Waals surface area contributed by atoms with Crippen LogP contribution in [-0.4, -0.2) is 31.3 Å². The highest BCUT2D eigenvalue weighted by Gasteiger charge is 2.48. The van der Waals surface area contributed by atoms with Crippen molar-refractivity contribution < 1.29 is 22.5 Å². The summed E-state index contributed by atoms with van der Waals surface area (Å²) in [5, 5.41) is 0. The molecule has 2 rings (SSSR count). The van der Waals surface area contributed by atoms with Gasteiger partial charge in [-0.15, -0.1) is 0 Å². The van der Waals surface area contributed by atoms with E-state index in [1.54, 1.807) is 0 Å². The first-order chi connectivity index (χ1) is 8.81. The summed E-state index contributed by atoms with van der Waals surface area (Å²) in [5.74, 6) is 0.334. The molecule has 2 fully saturated rings. The first kappa shape index (κ1) is 14.8. The Balaban J connectivity index is 1.96. The first-order valence-electron chi connectivity index (χ1n) is 6.93. The molecule has 0 amide bonds. The largest absolute Gasteiger partial charge is 0.464 e. The quantitative estimate of drug-likeness (QED) is 0.633. The van der Waals surface area contributed by atoms with Gasteiger partial charge in [-0.2, -0.15) is 8.42 Å². The third-order valence-electron chi connectivity index (χ3n) is 4.43. The van der Waals surface area contributed by atoms with E-state index in [0.717, 1.165) is 25.7 Å². The van der Waals surface area contributed by atoms with Gasteiger partial charge >= 0.3 is 5.97 Å². The minimum Gasteiger partial charge on any atom is -0.464 e. The van der Waals surface area contributed by atoms with Gasteiger partial charge in [-0.25, -0.2) is 0 Å².